The predicted octanol–water partition coefficient (Wildman–Crippen LogP) is 0.113. The van der Waals surface area contributed by atoms with Crippen LogP contribution < -0.4 is 10.6 Å². The summed E-state index contributed by atoms with van der Waals surface area (Å²) in [5.41, 5.74) is 6.17. The third-order valence-corrected chi connectivity index (χ3v) is 5.52. The topological polar surface area (TPSA) is 136 Å². The van der Waals surface area contributed by atoms with E-state index in [0.29, 0.717) is 43.6 Å². The molecule has 0 spiro atoms. The minimum absolute atomic E-state index is 0.165. The minimum atomic E-state index is -1.00. The average Bonchev–Trinajstić information content (AvgIpc) is 3.03. The van der Waals surface area contributed by atoms with Gasteiger partial charge in [-0.05, 0) is 13.0 Å². The van der Waals surface area contributed by atoms with Crippen molar-refractivity contribution in [1.29, 1.82) is 0 Å². The highest BCUT2D eigenvalue weighted by molar-refractivity contribution is 7.98. The second kappa shape index (κ2) is 9.57. The summed E-state index contributed by atoms with van der Waals surface area (Å²) in [4.78, 5) is 27.8. The molecule has 3 rings (SSSR count). The van der Waals surface area contributed by atoms with Crippen molar-refractivity contribution in [3.8, 4) is 0 Å². The van der Waals surface area contributed by atoms with Crippen molar-refractivity contribution < 1.29 is 24.1 Å². The van der Waals surface area contributed by atoms with Crippen molar-refractivity contribution in [2.45, 2.75) is 24.5 Å². The zero-order valence-electron chi connectivity index (χ0n) is 16.4. The highest BCUT2D eigenvalue weighted by atomic mass is 32.2. The standard InChI is InChI=1S/C17H26N6O5S/c1-19-11-14(18)20-9-21-15(11)22(2)16-13(12(24)10(27-16)8-29-3)28-17(25)23-4-6-26-7-5-23/h9-10,12-13,16,24H,1,4-8H2,2-3H3,(H2,18,20,21)/t10-,12?,13+,16-/m1/s1. The van der Waals surface area contributed by atoms with Gasteiger partial charge in [0, 0.05) is 25.9 Å². The van der Waals surface area contributed by atoms with Gasteiger partial charge in [-0.25, -0.2) is 14.8 Å². The second-order valence-electron chi connectivity index (χ2n) is 6.66. The van der Waals surface area contributed by atoms with E-state index in [4.69, 9.17) is 19.9 Å². The molecular formula is C17H26N6O5S. The van der Waals surface area contributed by atoms with Gasteiger partial charge in [0.15, 0.2) is 24.0 Å². The van der Waals surface area contributed by atoms with Crippen molar-refractivity contribution >= 4 is 41.9 Å². The van der Waals surface area contributed by atoms with Crippen molar-refractivity contribution in [2.24, 2.45) is 4.99 Å². The summed E-state index contributed by atoms with van der Waals surface area (Å²) in [5.74, 6) is 1.06. The molecule has 2 fully saturated rings. The van der Waals surface area contributed by atoms with Crippen LogP contribution in [0.3, 0.4) is 0 Å². The molecule has 11 nitrogen and oxygen atoms in total. The molecule has 1 aromatic rings. The molecule has 2 saturated heterocycles. The Labute approximate surface area is 173 Å². The number of aromatic nitrogens is 2. The number of anilines is 2. The Morgan fingerprint density at radius 3 is 2.90 bits per heavy atom. The minimum Gasteiger partial charge on any atom is -0.438 e. The molecule has 0 aliphatic carbocycles. The number of aliphatic imine (C=N–C) groups is 1. The van der Waals surface area contributed by atoms with E-state index in [9.17, 15) is 9.90 Å². The number of aliphatic hydroxyl groups is 1. The Hall–Kier alpha value is -2.15. The number of thioether (sulfide) groups is 1. The molecule has 160 valence electrons. The zero-order chi connectivity index (χ0) is 21.0. The summed E-state index contributed by atoms with van der Waals surface area (Å²) in [6, 6.07) is 0. The van der Waals surface area contributed by atoms with Gasteiger partial charge in [-0.1, -0.05) is 0 Å². The first-order chi connectivity index (χ1) is 14.0. The van der Waals surface area contributed by atoms with Crippen LogP contribution in [0.15, 0.2) is 11.3 Å². The van der Waals surface area contributed by atoms with Gasteiger partial charge in [0.25, 0.3) is 0 Å². The maximum Gasteiger partial charge on any atom is 0.410 e. The van der Waals surface area contributed by atoms with E-state index < -0.39 is 30.6 Å². The van der Waals surface area contributed by atoms with Gasteiger partial charge in [0.2, 0.25) is 0 Å². The van der Waals surface area contributed by atoms with Gasteiger partial charge in [-0.3, -0.25) is 4.99 Å². The number of rotatable bonds is 6. The molecule has 0 bridgehead atoms. The largest absolute Gasteiger partial charge is 0.438 e. The maximum absolute atomic E-state index is 12.6. The molecule has 0 saturated carbocycles. The van der Waals surface area contributed by atoms with Crippen LogP contribution in [0.1, 0.15) is 0 Å². The van der Waals surface area contributed by atoms with Gasteiger partial charge in [-0.15, -0.1) is 0 Å². The molecule has 0 radical (unpaired) electrons. The molecule has 4 atom stereocenters. The van der Waals surface area contributed by atoms with E-state index in [1.807, 2.05) is 6.26 Å². The number of aliphatic hydroxyl groups excluding tert-OH is 1. The fraction of sp³-hybridized carbons (Fsp3) is 0.647. The van der Waals surface area contributed by atoms with Crippen molar-refractivity contribution in [1.82, 2.24) is 14.9 Å². The molecule has 29 heavy (non-hydrogen) atoms. The second-order valence-corrected chi connectivity index (χ2v) is 7.57. The SMILES string of the molecule is C=Nc1c(N)ncnc1N(C)[C@@H]1O[C@H](CSC)C(O)[C@@H]1OC(=O)N1CCOCC1. The van der Waals surface area contributed by atoms with E-state index in [2.05, 4.69) is 21.7 Å². The van der Waals surface area contributed by atoms with Crippen LogP contribution >= 0.6 is 11.8 Å². The average molecular weight is 426 g/mol. The highest BCUT2D eigenvalue weighted by Crippen LogP contribution is 2.35. The molecule has 1 unspecified atom stereocenters. The molecule has 3 N–H and O–H groups in total. The number of nitrogens with zero attached hydrogens (tertiary/aromatic N) is 5. The summed E-state index contributed by atoms with van der Waals surface area (Å²) in [6.07, 6.45) is -0.544. The van der Waals surface area contributed by atoms with Crippen LogP contribution in [0.5, 0.6) is 0 Å². The van der Waals surface area contributed by atoms with Gasteiger partial charge < -0.3 is 34.9 Å². The number of carbonyl (C=O) groups is 1. The fourth-order valence-corrected chi connectivity index (χ4v) is 3.91. The van der Waals surface area contributed by atoms with Crippen LogP contribution in [-0.2, 0) is 14.2 Å². The van der Waals surface area contributed by atoms with Crippen LogP contribution in [0.4, 0.5) is 22.1 Å². The van der Waals surface area contributed by atoms with E-state index in [0.717, 1.165) is 0 Å². The first-order valence-corrected chi connectivity index (χ1v) is 10.5. The number of carbonyl (C=O) groups excluding carboxylic acids is 1. The molecular weight excluding hydrogens is 400 g/mol. The van der Waals surface area contributed by atoms with Crippen LogP contribution in [0, 0.1) is 0 Å². The molecule has 2 aliphatic rings. The monoisotopic (exact) mass is 426 g/mol. The van der Waals surface area contributed by atoms with Crippen LogP contribution in [-0.4, -0.2) is 103 Å². The summed E-state index contributed by atoms with van der Waals surface area (Å²) in [7, 11) is 1.70. The third-order valence-electron chi connectivity index (χ3n) is 4.86. The smallest absolute Gasteiger partial charge is 0.410 e. The summed E-state index contributed by atoms with van der Waals surface area (Å²) in [6.45, 7) is 5.29. The van der Waals surface area contributed by atoms with Gasteiger partial charge in [-0.2, -0.15) is 11.8 Å². The third kappa shape index (κ3) is 4.55. The summed E-state index contributed by atoms with van der Waals surface area (Å²) < 4.78 is 17.0. The molecule has 2 aliphatic heterocycles. The number of likely N-dealkylation sites (N-methyl/N-ethyl adjacent to an activating group) is 1. The number of hydrogen-bond acceptors (Lipinski definition) is 11. The molecule has 3 heterocycles. The first kappa shape index (κ1) is 21.6. The number of nitrogens with two attached hydrogens (primary N) is 1. The highest BCUT2D eigenvalue weighted by Gasteiger charge is 2.49. The number of nitrogen functional groups attached to an aromatic ring is 1. The lowest BCUT2D eigenvalue weighted by molar-refractivity contribution is -0.0264. The Bertz CT molecular complexity index is 734. The Balaban J connectivity index is 1.84. The lowest BCUT2D eigenvalue weighted by Gasteiger charge is -2.32. The maximum atomic E-state index is 12.6. The zero-order valence-corrected chi connectivity index (χ0v) is 17.2. The number of amides is 1. The predicted molar refractivity (Wildman–Crippen MR) is 110 cm³/mol. The number of hydrogen-bond donors (Lipinski definition) is 2. The number of morpholine rings is 1. The van der Waals surface area contributed by atoms with Gasteiger partial charge in [0.1, 0.15) is 18.1 Å². The summed E-state index contributed by atoms with van der Waals surface area (Å²) >= 11 is 1.53. The lowest BCUT2D eigenvalue weighted by Crippen LogP contribution is -2.49. The Morgan fingerprint density at radius 1 is 1.52 bits per heavy atom. The van der Waals surface area contributed by atoms with Crippen LogP contribution in [0.25, 0.3) is 0 Å². The molecule has 1 amide bonds. The van der Waals surface area contributed by atoms with Crippen molar-refractivity contribution in [3.63, 3.8) is 0 Å². The lowest BCUT2D eigenvalue weighted by atomic mass is 10.1. The molecule has 12 heteroatoms. The number of ether oxygens (including phenoxy) is 3. The van der Waals surface area contributed by atoms with Crippen LogP contribution in [0.2, 0.25) is 0 Å². The van der Waals surface area contributed by atoms with E-state index in [1.165, 1.54) is 18.1 Å². The normalized spacial score (nSPS) is 26.9. The first-order valence-electron chi connectivity index (χ1n) is 9.13. The van der Waals surface area contributed by atoms with Crippen molar-refractivity contribution in [2.75, 3.05) is 56.0 Å². The quantitative estimate of drug-likeness (QED) is 0.603. The van der Waals surface area contributed by atoms with E-state index >= 15 is 0 Å². The summed E-state index contributed by atoms with van der Waals surface area (Å²) in [5, 5.41) is 10.8. The van der Waals surface area contributed by atoms with E-state index in [1.54, 1.807) is 16.8 Å². The van der Waals surface area contributed by atoms with E-state index in [-0.39, 0.29) is 5.82 Å². The molecule has 1 aromatic heterocycles. The van der Waals surface area contributed by atoms with Gasteiger partial charge >= 0.3 is 6.09 Å². The molecule has 0 aromatic carbocycles. The van der Waals surface area contributed by atoms with Gasteiger partial charge in [0.05, 0.1) is 19.3 Å². The Kier molecular flexibility index (Phi) is 7.11. The van der Waals surface area contributed by atoms with Crippen molar-refractivity contribution in [3.05, 3.63) is 6.33 Å². The fourth-order valence-electron chi connectivity index (χ4n) is 3.31. The Morgan fingerprint density at radius 2 is 2.24 bits per heavy atom.